The van der Waals surface area contributed by atoms with Gasteiger partial charge < -0.3 is 24.3 Å². The van der Waals surface area contributed by atoms with Crippen LogP contribution in [-0.4, -0.2) is 56.4 Å². The molecule has 6 aromatic carbocycles. The molecule has 0 saturated carbocycles. The summed E-state index contributed by atoms with van der Waals surface area (Å²) in [6, 6.07) is 53.1. The normalized spacial score (nSPS) is 11.1. The number of hydrogen-bond acceptors (Lipinski definition) is 5. The van der Waals surface area contributed by atoms with Crippen molar-refractivity contribution in [3.05, 3.63) is 146 Å². The van der Waals surface area contributed by atoms with E-state index in [1.54, 1.807) is 0 Å². The third-order valence-corrected chi connectivity index (χ3v) is 13.9. The molecule has 0 saturated heterocycles. The van der Waals surface area contributed by atoms with Crippen molar-refractivity contribution in [1.29, 1.82) is 0 Å². The van der Waals surface area contributed by atoms with Crippen LogP contribution >= 0.6 is 15.8 Å². The fourth-order valence-electron chi connectivity index (χ4n) is 6.03. The zero-order valence-electron chi connectivity index (χ0n) is 30.9. The van der Waals surface area contributed by atoms with E-state index in [0.29, 0.717) is 0 Å². The van der Waals surface area contributed by atoms with E-state index >= 15 is 0 Å². The number of ether oxygens (including phenoxy) is 1. The average molecular weight is 711 g/mol. The number of nitrogens with zero attached hydrogens (tertiary/aromatic N) is 4. The van der Waals surface area contributed by atoms with Crippen molar-refractivity contribution in [2.24, 2.45) is 0 Å². The summed E-state index contributed by atoms with van der Waals surface area (Å²) in [5.74, 6) is 1.76. The van der Waals surface area contributed by atoms with Gasteiger partial charge >= 0.3 is 0 Å². The summed E-state index contributed by atoms with van der Waals surface area (Å²) in [5.41, 5.74) is 4.72. The van der Waals surface area contributed by atoms with Gasteiger partial charge in [-0.1, -0.05) is 84.9 Å². The fourth-order valence-corrected chi connectivity index (χ4v) is 10.7. The molecule has 0 spiro atoms. The molecule has 0 heterocycles. The smallest absolute Gasteiger partial charge is 0.135 e. The Kier molecular flexibility index (Phi) is 11.3. The van der Waals surface area contributed by atoms with E-state index < -0.39 is 15.8 Å². The highest BCUT2D eigenvalue weighted by Crippen LogP contribution is 2.41. The zero-order valence-corrected chi connectivity index (χ0v) is 32.7. The van der Waals surface area contributed by atoms with E-state index in [0.717, 1.165) is 11.5 Å². The highest BCUT2D eigenvalue weighted by atomic mass is 31.1. The van der Waals surface area contributed by atoms with Crippen LogP contribution in [0.3, 0.4) is 0 Å². The van der Waals surface area contributed by atoms with E-state index in [9.17, 15) is 0 Å². The van der Waals surface area contributed by atoms with E-state index in [4.69, 9.17) is 4.74 Å². The summed E-state index contributed by atoms with van der Waals surface area (Å²) in [7, 11) is 14.8. The Labute approximate surface area is 307 Å². The van der Waals surface area contributed by atoms with Crippen molar-refractivity contribution in [2.45, 2.75) is 0 Å². The van der Waals surface area contributed by atoms with Gasteiger partial charge in [-0.25, -0.2) is 0 Å². The highest BCUT2D eigenvalue weighted by Gasteiger charge is 2.25. The minimum absolute atomic E-state index is 0.880. The van der Waals surface area contributed by atoms with E-state index in [-0.39, 0.29) is 0 Å². The van der Waals surface area contributed by atoms with Gasteiger partial charge in [0.1, 0.15) is 11.5 Å². The van der Waals surface area contributed by atoms with Crippen LogP contribution in [0.1, 0.15) is 0 Å². The standard InChI is InChI=1S/C44H48N4OP2/c1-45(2)33-17-25-37(26-18-33)50(38-27-19-34(20-28-38)46(3)4)43-15-11-9-13-41(43)49-42-14-10-12-16-44(42)51(39-29-21-35(22-30-39)47(5)6)40-31-23-36(24-32-40)48(7)8/h9-32H,1-8H3. The van der Waals surface area contributed by atoms with E-state index in [2.05, 4.69) is 222 Å². The van der Waals surface area contributed by atoms with Crippen molar-refractivity contribution >= 4 is 70.4 Å². The molecule has 6 rings (SSSR count). The van der Waals surface area contributed by atoms with Crippen LogP contribution in [-0.2, 0) is 0 Å². The quantitative estimate of drug-likeness (QED) is 0.125. The summed E-state index contributed by atoms with van der Waals surface area (Å²) < 4.78 is 7.14. The number of para-hydroxylation sites is 2. The fraction of sp³-hybridized carbons (Fsp3) is 0.182. The van der Waals surface area contributed by atoms with Crippen LogP contribution in [0.5, 0.6) is 11.5 Å². The summed E-state index contributed by atoms with van der Waals surface area (Å²) in [5, 5.41) is 7.49. The Morgan fingerprint density at radius 3 is 0.784 bits per heavy atom. The maximum atomic E-state index is 7.14. The van der Waals surface area contributed by atoms with Crippen LogP contribution in [0.2, 0.25) is 0 Å². The van der Waals surface area contributed by atoms with Gasteiger partial charge in [-0.15, -0.1) is 0 Å². The lowest BCUT2D eigenvalue weighted by Gasteiger charge is -2.26. The van der Waals surface area contributed by atoms with E-state index in [1.807, 2.05) is 0 Å². The lowest BCUT2D eigenvalue weighted by Crippen LogP contribution is -2.24. The van der Waals surface area contributed by atoms with Gasteiger partial charge in [0, 0.05) is 89.7 Å². The molecule has 5 nitrogen and oxygen atoms in total. The molecule has 260 valence electrons. The van der Waals surface area contributed by atoms with Crippen LogP contribution in [0, 0.1) is 0 Å². The first-order valence-electron chi connectivity index (χ1n) is 17.2. The van der Waals surface area contributed by atoms with Gasteiger partial charge in [0.05, 0.1) is 0 Å². The lowest BCUT2D eigenvalue weighted by atomic mass is 10.3. The minimum atomic E-state index is -0.925. The Bertz CT molecular complexity index is 1770. The van der Waals surface area contributed by atoms with Gasteiger partial charge in [0.2, 0.25) is 0 Å². The molecule has 0 bridgehead atoms. The Hall–Kier alpha value is -4.82. The van der Waals surface area contributed by atoms with Gasteiger partial charge in [-0.2, -0.15) is 0 Å². The summed E-state index contributed by atoms with van der Waals surface area (Å²) in [6.45, 7) is 0. The molecule has 7 heteroatoms. The maximum Gasteiger partial charge on any atom is 0.135 e. The minimum Gasteiger partial charge on any atom is -0.456 e. The number of hydrogen-bond donors (Lipinski definition) is 0. The maximum absolute atomic E-state index is 7.14. The van der Waals surface area contributed by atoms with E-state index in [1.165, 1.54) is 54.6 Å². The van der Waals surface area contributed by atoms with Crippen LogP contribution in [0.25, 0.3) is 0 Å². The van der Waals surface area contributed by atoms with Gasteiger partial charge in [-0.05, 0) is 97.7 Å². The van der Waals surface area contributed by atoms with Crippen LogP contribution in [0.15, 0.2) is 146 Å². The summed E-state index contributed by atoms with van der Waals surface area (Å²) in [4.78, 5) is 8.58. The van der Waals surface area contributed by atoms with Crippen molar-refractivity contribution in [3.8, 4) is 11.5 Å². The number of rotatable bonds is 12. The topological polar surface area (TPSA) is 22.2 Å². The molecular formula is C44H48N4OP2. The second kappa shape index (κ2) is 16.0. The third kappa shape index (κ3) is 8.23. The van der Waals surface area contributed by atoms with Crippen molar-refractivity contribution in [3.63, 3.8) is 0 Å². The molecular weight excluding hydrogens is 662 g/mol. The average Bonchev–Trinajstić information content (AvgIpc) is 3.14. The largest absolute Gasteiger partial charge is 0.456 e. The first kappa shape index (κ1) is 36.0. The number of benzene rings is 6. The van der Waals surface area contributed by atoms with Crippen molar-refractivity contribution in [2.75, 3.05) is 76.0 Å². The monoisotopic (exact) mass is 710 g/mol. The second-order valence-electron chi connectivity index (χ2n) is 13.4. The molecule has 6 aromatic rings. The van der Waals surface area contributed by atoms with Gasteiger partial charge in [0.15, 0.2) is 0 Å². The van der Waals surface area contributed by atoms with Crippen LogP contribution < -0.4 is 56.2 Å². The van der Waals surface area contributed by atoms with Crippen LogP contribution in [0.4, 0.5) is 22.7 Å². The van der Waals surface area contributed by atoms with Gasteiger partial charge in [-0.3, -0.25) is 0 Å². The molecule has 0 aliphatic heterocycles. The molecule has 0 unspecified atom stereocenters. The predicted molar refractivity (Wildman–Crippen MR) is 228 cm³/mol. The third-order valence-electron chi connectivity index (χ3n) is 8.93. The Morgan fingerprint density at radius 2 is 0.549 bits per heavy atom. The lowest BCUT2D eigenvalue weighted by molar-refractivity contribution is 0.491. The highest BCUT2D eigenvalue weighted by molar-refractivity contribution is 7.80. The predicted octanol–water partition coefficient (Wildman–Crippen LogP) is 7.26. The molecule has 0 N–H and O–H groups in total. The zero-order chi connectivity index (χ0) is 36.1. The Morgan fingerprint density at radius 1 is 0.314 bits per heavy atom. The summed E-state index contributed by atoms with van der Waals surface area (Å²) in [6.07, 6.45) is 0. The number of anilines is 4. The SMILES string of the molecule is CN(C)c1ccc(P(c2ccc(N(C)C)cc2)c2ccccc2Oc2ccccc2P(c2ccc(N(C)C)cc2)c2ccc(N(C)C)cc2)cc1. The van der Waals surface area contributed by atoms with Crippen molar-refractivity contribution < 1.29 is 4.74 Å². The summed E-state index contributed by atoms with van der Waals surface area (Å²) >= 11 is 0. The Balaban J connectivity index is 1.46. The molecule has 51 heavy (non-hydrogen) atoms. The molecule has 0 fully saturated rings. The first-order valence-corrected chi connectivity index (χ1v) is 19.8. The molecule has 0 aliphatic carbocycles. The molecule has 0 amide bonds. The molecule has 0 aliphatic rings. The second-order valence-corrected chi connectivity index (χ2v) is 17.7. The van der Waals surface area contributed by atoms with Crippen molar-refractivity contribution in [1.82, 2.24) is 0 Å². The first-order chi connectivity index (χ1) is 24.6. The van der Waals surface area contributed by atoms with Gasteiger partial charge in [0.25, 0.3) is 0 Å². The molecule has 0 atom stereocenters. The molecule has 0 aromatic heterocycles. The molecule has 0 radical (unpaired) electrons.